The molecule has 5 heteroatoms. The summed E-state index contributed by atoms with van der Waals surface area (Å²) in [6.45, 7) is 6.91. The summed E-state index contributed by atoms with van der Waals surface area (Å²) in [5.74, 6) is 0. The van der Waals surface area contributed by atoms with Crippen LogP contribution in [0.25, 0.3) is 0 Å². The molecule has 1 N–H and O–H groups in total. The molecule has 3 nitrogen and oxygen atoms in total. The Labute approximate surface area is 135 Å². The highest BCUT2D eigenvalue weighted by molar-refractivity contribution is 6.42. The number of hydrogen-bond donors (Lipinski definition) is 1. The molecule has 0 aliphatic carbocycles. The Balaban J connectivity index is 2.52. The lowest BCUT2D eigenvalue weighted by Crippen LogP contribution is -2.25. The Morgan fingerprint density at radius 2 is 1.90 bits per heavy atom. The third-order valence-electron chi connectivity index (χ3n) is 3.34. The normalized spacial score (nSPS) is 12.4. The van der Waals surface area contributed by atoms with Crippen LogP contribution in [0.1, 0.15) is 41.9 Å². The first-order valence-electron chi connectivity index (χ1n) is 7.02. The topological polar surface area (TPSA) is 37.8 Å². The zero-order valence-electron chi connectivity index (χ0n) is 12.5. The van der Waals surface area contributed by atoms with E-state index in [1.807, 2.05) is 32.0 Å². The molecule has 1 heterocycles. The fourth-order valence-corrected chi connectivity index (χ4v) is 2.70. The van der Waals surface area contributed by atoms with E-state index in [0.29, 0.717) is 10.0 Å². The van der Waals surface area contributed by atoms with Gasteiger partial charge in [0.05, 0.1) is 27.5 Å². The molecule has 0 bridgehead atoms. The van der Waals surface area contributed by atoms with Gasteiger partial charge in [-0.15, -0.1) is 0 Å². The molecule has 112 valence electrons. The fraction of sp³-hybridized carbons (Fsp3) is 0.375. The summed E-state index contributed by atoms with van der Waals surface area (Å²) in [7, 11) is 0. The maximum atomic E-state index is 6.40. The van der Waals surface area contributed by atoms with Gasteiger partial charge in [0, 0.05) is 0 Å². The molecule has 2 rings (SSSR count). The quantitative estimate of drug-likeness (QED) is 0.880. The SMILES string of the molecule is CCCNC(c1cc(C)nnc1C)c1cccc(Cl)c1Cl. The maximum Gasteiger partial charge on any atom is 0.0651 e. The molecule has 0 saturated heterocycles. The molecule has 21 heavy (non-hydrogen) atoms. The first-order chi connectivity index (χ1) is 10.0. The van der Waals surface area contributed by atoms with E-state index in [-0.39, 0.29) is 6.04 Å². The van der Waals surface area contributed by atoms with Gasteiger partial charge in [-0.3, -0.25) is 0 Å². The number of nitrogens with one attached hydrogen (secondary N) is 1. The van der Waals surface area contributed by atoms with Gasteiger partial charge < -0.3 is 5.32 Å². The Morgan fingerprint density at radius 1 is 1.14 bits per heavy atom. The predicted octanol–water partition coefficient (Wildman–Crippen LogP) is 4.49. The molecule has 0 spiro atoms. The number of aromatic nitrogens is 2. The molecule has 0 aliphatic heterocycles. The van der Waals surface area contributed by atoms with E-state index < -0.39 is 0 Å². The summed E-state index contributed by atoms with van der Waals surface area (Å²) in [5.41, 5.74) is 3.83. The minimum atomic E-state index is -0.0367. The number of benzene rings is 1. The minimum absolute atomic E-state index is 0.0367. The Hall–Kier alpha value is -1.16. The Morgan fingerprint density at radius 3 is 2.62 bits per heavy atom. The minimum Gasteiger partial charge on any atom is -0.306 e. The van der Waals surface area contributed by atoms with Gasteiger partial charge in [0.25, 0.3) is 0 Å². The molecule has 0 fully saturated rings. The van der Waals surface area contributed by atoms with Crippen molar-refractivity contribution in [3.63, 3.8) is 0 Å². The zero-order valence-corrected chi connectivity index (χ0v) is 14.0. The summed E-state index contributed by atoms with van der Waals surface area (Å²) < 4.78 is 0. The van der Waals surface area contributed by atoms with Crippen LogP contribution in [0.5, 0.6) is 0 Å². The molecule has 0 amide bonds. The molecule has 0 radical (unpaired) electrons. The summed E-state index contributed by atoms with van der Waals surface area (Å²) in [6.07, 6.45) is 1.03. The third-order valence-corrected chi connectivity index (χ3v) is 4.18. The fourth-order valence-electron chi connectivity index (χ4n) is 2.28. The third kappa shape index (κ3) is 3.73. The van der Waals surface area contributed by atoms with Crippen LogP contribution >= 0.6 is 23.2 Å². The van der Waals surface area contributed by atoms with Crippen molar-refractivity contribution in [2.24, 2.45) is 0 Å². The van der Waals surface area contributed by atoms with E-state index in [9.17, 15) is 0 Å². The molecule has 1 atom stereocenters. The first kappa shape index (κ1) is 16.2. The van der Waals surface area contributed by atoms with Gasteiger partial charge in [-0.25, -0.2) is 0 Å². The number of rotatable bonds is 5. The van der Waals surface area contributed by atoms with Gasteiger partial charge in [0.2, 0.25) is 0 Å². The molecule has 0 saturated carbocycles. The van der Waals surface area contributed by atoms with E-state index in [0.717, 1.165) is 35.5 Å². The summed E-state index contributed by atoms with van der Waals surface area (Å²) in [6, 6.07) is 7.72. The van der Waals surface area contributed by atoms with Crippen molar-refractivity contribution < 1.29 is 0 Å². The number of halogens is 2. The molecule has 1 aromatic carbocycles. The van der Waals surface area contributed by atoms with Crippen molar-refractivity contribution in [1.29, 1.82) is 0 Å². The van der Waals surface area contributed by atoms with Crippen LogP contribution in [0.4, 0.5) is 0 Å². The average molecular weight is 324 g/mol. The number of aryl methyl sites for hydroxylation is 2. The Kier molecular flexibility index (Phi) is 5.57. The Bertz CT molecular complexity index is 627. The second kappa shape index (κ2) is 7.21. The predicted molar refractivity (Wildman–Crippen MR) is 88.1 cm³/mol. The smallest absolute Gasteiger partial charge is 0.0651 e. The van der Waals surface area contributed by atoms with Crippen molar-refractivity contribution in [2.45, 2.75) is 33.2 Å². The van der Waals surface area contributed by atoms with E-state index in [1.54, 1.807) is 6.07 Å². The average Bonchev–Trinajstić information content (AvgIpc) is 2.47. The van der Waals surface area contributed by atoms with E-state index >= 15 is 0 Å². The van der Waals surface area contributed by atoms with Gasteiger partial charge >= 0.3 is 0 Å². The van der Waals surface area contributed by atoms with E-state index in [4.69, 9.17) is 23.2 Å². The molecular formula is C16H19Cl2N3. The summed E-state index contributed by atoms with van der Waals surface area (Å²) >= 11 is 12.6. The molecule has 1 unspecified atom stereocenters. The molecule has 1 aromatic heterocycles. The van der Waals surface area contributed by atoms with Crippen LogP contribution < -0.4 is 5.32 Å². The molecule has 0 aliphatic rings. The zero-order chi connectivity index (χ0) is 15.4. The second-order valence-electron chi connectivity index (χ2n) is 5.06. The highest BCUT2D eigenvalue weighted by atomic mass is 35.5. The first-order valence-corrected chi connectivity index (χ1v) is 7.78. The number of nitrogens with zero attached hydrogens (tertiary/aromatic N) is 2. The van der Waals surface area contributed by atoms with Gasteiger partial charge in [0.15, 0.2) is 0 Å². The number of hydrogen-bond acceptors (Lipinski definition) is 3. The van der Waals surface area contributed by atoms with Gasteiger partial charge in [-0.1, -0.05) is 42.3 Å². The highest BCUT2D eigenvalue weighted by Gasteiger charge is 2.20. The standard InChI is InChI=1S/C16H19Cl2N3/c1-4-8-19-16(12-6-5-7-14(17)15(12)18)13-9-10(2)20-21-11(13)3/h5-7,9,16,19H,4,8H2,1-3H3. The van der Waals surface area contributed by atoms with Crippen molar-refractivity contribution in [3.05, 3.63) is 56.8 Å². The molecule has 2 aromatic rings. The van der Waals surface area contributed by atoms with Gasteiger partial charge in [-0.2, -0.15) is 10.2 Å². The van der Waals surface area contributed by atoms with Crippen LogP contribution in [0.3, 0.4) is 0 Å². The molecular weight excluding hydrogens is 305 g/mol. The van der Waals surface area contributed by atoms with Gasteiger partial charge in [-0.05, 0) is 50.1 Å². The van der Waals surface area contributed by atoms with E-state index in [2.05, 4.69) is 22.4 Å². The van der Waals surface area contributed by atoms with Crippen molar-refractivity contribution in [1.82, 2.24) is 15.5 Å². The maximum absolute atomic E-state index is 6.40. The second-order valence-corrected chi connectivity index (χ2v) is 5.84. The lowest BCUT2D eigenvalue weighted by molar-refractivity contribution is 0.591. The highest BCUT2D eigenvalue weighted by Crippen LogP contribution is 2.34. The van der Waals surface area contributed by atoms with Crippen molar-refractivity contribution in [2.75, 3.05) is 6.54 Å². The summed E-state index contributed by atoms with van der Waals surface area (Å²) in [5, 5.41) is 13.0. The van der Waals surface area contributed by atoms with Crippen molar-refractivity contribution >= 4 is 23.2 Å². The largest absolute Gasteiger partial charge is 0.306 e. The van der Waals surface area contributed by atoms with Crippen LogP contribution in [0.15, 0.2) is 24.3 Å². The van der Waals surface area contributed by atoms with Crippen LogP contribution in [0, 0.1) is 13.8 Å². The summed E-state index contributed by atoms with van der Waals surface area (Å²) in [4.78, 5) is 0. The lowest BCUT2D eigenvalue weighted by Gasteiger charge is -2.22. The lowest BCUT2D eigenvalue weighted by atomic mass is 9.97. The van der Waals surface area contributed by atoms with E-state index in [1.165, 1.54) is 0 Å². The van der Waals surface area contributed by atoms with Gasteiger partial charge in [0.1, 0.15) is 0 Å². The van der Waals surface area contributed by atoms with Crippen LogP contribution in [-0.4, -0.2) is 16.7 Å². The van der Waals surface area contributed by atoms with Crippen LogP contribution in [-0.2, 0) is 0 Å². The van der Waals surface area contributed by atoms with Crippen molar-refractivity contribution in [3.8, 4) is 0 Å². The monoisotopic (exact) mass is 323 g/mol. The van der Waals surface area contributed by atoms with Crippen LogP contribution in [0.2, 0.25) is 10.0 Å².